The minimum Gasteiger partial charge on any atom is -0.356 e. The number of hydrogen-bond acceptors (Lipinski definition) is 2. The molecule has 0 aromatic heterocycles. The lowest BCUT2D eigenvalue weighted by Crippen LogP contribution is -2.38. The van der Waals surface area contributed by atoms with E-state index < -0.39 is 0 Å². The Morgan fingerprint density at radius 3 is 2.40 bits per heavy atom. The molecule has 1 fully saturated rings. The molecule has 20 heavy (non-hydrogen) atoms. The number of amides is 1. The zero-order valence-electron chi connectivity index (χ0n) is 13.2. The van der Waals surface area contributed by atoms with Crippen molar-refractivity contribution in [2.45, 2.75) is 58.4 Å². The van der Waals surface area contributed by atoms with E-state index in [2.05, 4.69) is 34.8 Å². The normalized spacial score (nSPS) is 15.3. The highest BCUT2D eigenvalue weighted by Crippen LogP contribution is 2.18. The Balaban J connectivity index is 1.98. The lowest BCUT2D eigenvalue weighted by molar-refractivity contribution is -0.121. The molecule has 1 aliphatic rings. The quantitative estimate of drug-likeness (QED) is 0.342. The van der Waals surface area contributed by atoms with Crippen molar-refractivity contribution >= 4 is 11.9 Å². The Labute approximate surface area is 123 Å². The van der Waals surface area contributed by atoms with Gasteiger partial charge in [0.1, 0.15) is 0 Å². The summed E-state index contributed by atoms with van der Waals surface area (Å²) < 4.78 is 0. The first-order valence-electron chi connectivity index (χ1n) is 7.85. The van der Waals surface area contributed by atoms with Crippen molar-refractivity contribution < 1.29 is 4.79 Å². The molecule has 0 radical (unpaired) electrons. The first-order chi connectivity index (χ1) is 9.61. The predicted octanol–water partition coefficient (Wildman–Crippen LogP) is 1.65. The van der Waals surface area contributed by atoms with Crippen LogP contribution in [0.25, 0.3) is 0 Å². The topological polar surface area (TPSA) is 65.5 Å². The van der Waals surface area contributed by atoms with E-state index in [-0.39, 0.29) is 5.91 Å². The van der Waals surface area contributed by atoms with Gasteiger partial charge >= 0.3 is 0 Å². The van der Waals surface area contributed by atoms with Gasteiger partial charge in [-0.2, -0.15) is 0 Å². The van der Waals surface area contributed by atoms with Gasteiger partial charge in [0.05, 0.1) is 0 Å². The van der Waals surface area contributed by atoms with Crippen LogP contribution in [0.5, 0.6) is 0 Å². The molecule has 1 saturated carbocycles. The summed E-state index contributed by atoms with van der Waals surface area (Å²) in [4.78, 5) is 15.7. The van der Waals surface area contributed by atoms with Gasteiger partial charge in [0, 0.05) is 32.6 Å². The molecule has 0 heterocycles. The Bertz CT molecular complexity index is 311. The Morgan fingerprint density at radius 1 is 1.20 bits per heavy atom. The molecule has 116 valence electrons. The summed E-state index contributed by atoms with van der Waals surface area (Å²) in [6, 6.07) is 0.464. The largest absolute Gasteiger partial charge is 0.356 e. The summed E-state index contributed by atoms with van der Waals surface area (Å²) in [7, 11) is 1.78. The average Bonchev–Trinajstić information content (AvgIpc) is 3.20. The first-order valence-corrected chi connectivity index (χ1v) is 7.85. The van der Waals surface area contributed by atoms with Crippen LogP contribution in [0, 0.1) is 5.92 Å². The van der Waals surface area contributed by atoms with Crippen LogP contribution >= 0.6 is 0 Å². The van der Waals surface area contributed by atoms with E-state index in [0.29, 0.717) is 12.5 Å². The molecule has 0 aliphatic heterocycles. The van der Waals surface area contributed by atoms with Gasteiger partial charge in [0.15, 0.2) is 5.96 Å². The van der Waals surface area contributed by atoms with E-state index in [1.807, 2.05) is 0 Å². The highest BCUT2D eigenvalue weighted by Gasteiger charge is 2.22. The van der Waals surface area contributed by atoms with E-state index in [1.165, 1.54) is 6.42 Å². The zero-order chi connectivity index (χ0) is 14.8. The standard InChI is InChI=1S/C15H30N4O/c1-12(2)6-4-10-17-15(16-3)18-11-5-7-14(20)19-13-8-9-13/h12-13H,4-11H2,1-3H3,(H,19,20)(H2,16,17,18). The fourth-order valence-electron chi connectivity index (χ4n) is 1.92. The second-order valence-electron chi connectivity index (χ2n) is 5.91. The summed E-state index contributed by atoms with van der Waals surface area (Å²) in [6.45, 7) is 6.20. The lowest BCUT2D eigenvalue weighted by Gasteiger charge is -2.12. The molecule has 1 aliphatic carbocycles. The molecular formula is C15H30N4O. The highest BCUT2D eigenvalue weighted by atomic mass is 16.1. The van der Waals surface area contributed by atoms with Gasteiger partial charge in [-0.15, -0.1) is 0 Å². The molecule has 1 amide bonds. The SMILES string of the molecule is CN=C(NCCCC(=O)NC1CC1)NCCCC(C)C. The van der Waals surface area contributed by atoms with Crippen LogP contribution in [0.2, 0.25) is 0 Å². The van der Waals surface area contributed by atoms with Crippen LogP contribution in [0.1, 0.15) is 52.4 Å². The maximum atomic E-state index is 11.5. The Kier molecular flexibility index (Phi) is 8.07. The molecule has 3 N–H and O–H groups in total. The third-order valence-electron chi connectivity index (χ3n) is 3.29. The molecule has 5 heteroatoms. The molecule has 0 bridgehead atoms. The van der Waals surface area contributed by atoms with Crippen LogP contribution in [-0.4, -0.2) is 38.0 Å². The van der Waals surface area contributed by atoms with Gasteiger partial charge in [-0.25, -0.2) is 0 Å². The zero-order valence-corrected chi connectivity index (χ0v) is 13.2. The summed E-state index contributed by atoms with van der Waals surface area (Å²) in [5, 5.41) is 9.53. The van der Waals surface area contributed by atoms with Gasteiger partial charge in [-0.1, -0.05) is 13.8 Å². The molecule has 5 nitrogen and oxygen atoms in total. The van der Waals surface area contributed by atoms with Crippen LogP contribution in [0.4, 0.5) is 0 Å². The second-order valence-corrected chi connectivity index (χ2v) is 5.91. The van der Waals surface area contributed by atoms with E-state index in [1.54, 1.807) is 7.05 Å². The molecular weight excluding hydrogens is 252 g/mol. The van der Waals surface area contributed by atoms with Gasteiger partial charge in [-0.3, -0.25) is 9.79 Å². The van der Waals surface area contributed by atoms with Crippen molar-refractivity contribution in [3.05, 3.63) is 0 Å². The number of hydrogen-bond donors (Lipinski definition) is 3. The maximum Gasteiger partial charge on any atom is 0.220 e. The molecule has 0 spiro atoms. The smallest absolute Gasteiger partial charge is 0.220 e. The van der Waals surface area contributed by atoms with Crippen molar-refractivity contribution in [3.63, 3.8) is 0 Å². The first kappa shape index (κ1) is 16.8. The number of aliphatic imine (C=N–C) groups is 1. The minimum absolute atomic E-state index is 0.175. The molecule has 0 unspecified atom stereocenters. The maximum absolute atomic E-state index is 11.5. The average molecular weight is 282 g/mol. The van der Waals surface area contributed by atoms with Crippen molar-refractivity contribution in [1.82, 2.24) is 16.0 Å². The molecule has 0 aromatic rings. The summed E-state index contributed by atoms with van der Waals surface area (Å²) in [6.07, 6.45) is 6.11. The van der Waals surface area contributed by atoms with Gasteiger partial charge in [-0.05, 0) is 38.0 Å². The number of nitrogens with zero attached hydrogens (tertiary/aromatic N) is 1. The fraction of sp³-hybridized carbons (Fsp3) is 0.867. The highest BCUT2D eigenvalue weighted by molar-refractivity contribution is 5.79. The number of carbonyl (C=O) groups excluding carboxylic acids is 1. The molecule has 0 atom stereocenters. The van der Waals surface area contributed by atoms with Gasteiger partial charge in [0.2, 0.25) is 5.91 Å². The summed E-state index contributed by atoms with van der Waals surface area (Å²) in [5.41, 5.74) is 0. The molecule has 0 aromatic carbocycles. The summed E-state index contributed by atoms with van der Waals surface area (Å²) in [5.74, 6) is 1.75. The van der Waals surface area contributed by atoms with E-state index in [9.17, 15) is 4.79 Å². The van der Waals surface area contributed by atoms with Crippen LogP contribution in [0.15, 0.2) is 4.99 Å². The second kappa shape index (κ2) is 9.61. The number of guanidine groups is 1. The minimum atomic E-state index is 0.175. The van der Waals surface area contributed by atoms with E-state index >= 15 is 0 Å². The monoisotopic (exact) mass is 282 g/mol. The summed E-state index contributed by atoms with van der Waals surface area (Å²) >= 11 is 0. The van der Waals surface area contributed by atoms with Crippen molar-refractivity contribution in [2.75, 3.05) is 20.1 Å². The van der Waals surface area contributed by atoms with Gasteiger partial charge in [0.25, 0.3) is 0 Å². The van der Waals surface area contributed by atoms with Crippen LogP contribution < -0.4 is 16.0 Å². The number of carbonyl (C=O) groups is 1. The fourth-order valence-corrected chi connectivity index (χ4v) is 1.92. The third kappa shape index (κ3) is 8.77. The van der Waals surface area contributed by atoms with E-state index in [4.69, 9.17) is 0 Å². The predicted molar refractivity (Wildman–Crippen MR) is 83.8 cm³/mol. The number of nitrogens with one attached hydrogen (secondary N) is 3. The van der Waals surface area contributed by atoms with Gasteiger partial charge < -0.3 is 16.0 Å². The lowest BCUT2D eigenvalue weighted by atomic mass is 10.1. The third-order valence-corrected chi connectivity index (χ3v) is 3.29. The van der Waals surface area contributed by atoms with E-state index in [0.717, 1.165) is 50.7 Å². The number of rotatable bonds is 9. The van der Waals surface area contributed by atoms with Crippen molar-refractivity contribution in [2.24, 2.45) is 10.9 Å². The van der Waals surface area contributed by atoms with Crippen molar-refractivity contribution in [1.29, 1.82) is 0 Å². The Hall–Kier alpha value is -1.26. The van der Waals surface area contributed by atoms with Crippen LogP contribution in [0.3, 0.4) is 0 Å². The Morgan fingerprint density at radius 2 is 1.85 bits per heavy atom. The van der Waals surface area contributed by atoms with Crippen molar-refractivity contribution in [3.8, 4) is 0 Å². The molecule has 1 rings (SSSR count). The molecule has 0 saturated heterocycles. The van der Waals surface area contributed by atoms with Crippen LogP contribution in [-0.2, 0) is 4.79 Å².